The summed E-state index contributed by atoms with van der Waals surface area (Å²) in [5.74, 6) is -0.240. The number of carbonyl (C=O) groups excluding carboxylic acids is 3. The Kier molecular flexibility index (Phi) is 7.62. The normalized spacial score (nSPS) is 42.9. The molecule has 0 radical (unpaired) electrons. The molecule has 3 unspecified atom stereocenters. The van der Waals surface area contributed by atoms with Crippen LogP contribution in [0.1, 0.15) is 120 Å². The van der Waals surface area contributed by atoms with E-state index in [9.17, 15) is 27.6 Å². The van der Waals surface area contributed by atoms with Crippen molar-refractivity contribution in [1.82, 2.24) is 5.32 Å². The molecule has 8 heteroatoms. The van der Waals surface area contributed by atoms with Gasteiger partial charge in [0.25, 0.3) is 0 Å². The Hall–Kier alpha value is -1.86. The smallest absolute Gasteiger partial charge is 0.408 e. The van der Waals surface area contributed by atoms with Gasteiger partial charge in [-0.2, -0.15) is 13.2 Å². The van der Waals surface area contributed by atoms with E-state index in [0.717, 1.165) is 51.0 Å². The van der Waals surface area contributed by atoms with Crippen molar-refractivity contribution in [3.63, 3.8) is 0 Å². The van der Waals surface area contributed by atoms with Gasteiger partial charge in [-0.05, 0) is 109 Å². The number of ketones is 1. The van der Waals surface area contributed by atoms with Gasteiger partial charge in [0.05, 0.1) is 5.41 Å². The Bertz CT molecular complexity index is 1240. The molecule has 0 spiro atoms. The molecule has 4 fully saturated rings. The number of rotatable bonds is 4. The van der Waals surface area contributed by atoms with Crippen LogP contribution in [0.3, 0.4) is 0 Å². The van der Waals surface area contributed by atoms with E-state index in [-0.39, 0.29) is 57.8 Å². The Labute approximate surface area is 255 Å². The fourth-order valence-corrected chi connectivity index (χ4v) is 11.7. The van der Waals surface area contributed by atoms with E-state index >= 15 is 0 Å². The predicted octanol–water partition coefficient (Wildman–Crippen LogP) is 7.97. The quantitative estimate of drug-likeness (QED) is 0.329. The molecule has 0 aromatic heterocycles. The first-order chi connectivity index (χ1) is 19.7. The van der Waals surface area contributed by atoms with Gasteiger partial charge < -0.3 is 10.1 Å². The van der Waals surface area contributed by atoms with E-state index < -0.39 is 23.5 Å². The van der Waals surface area contributed by atoms with Gasteiger partial charge >= 0.3 is 12.1 Å². The summed E-state index contributed by atoms with van der Waals surface area (Å²) in [4.78, 5) is 39.5. The maximum atomic E-state index is 13.9. The fraction of sp³-hybridized carbons (Fsp3) is 0.857. The molecule has 0 aromatic carbocycles. The third kappa shape index (κ3) is 4.48. The lowest BCUT2D eigenvalue weighted by molar-refractivity contribution is -0.232. The molecule has 1 N–H and O–H groups in total. The number of halogens is 3. The second-order valence-corrected chi connectivity index (χ2v) is 16.5. The number of carbonyl (C=O) groups is 3. The SMILES string of the molecule is CC(=O)O[C@H]1CC[C@@]2(C)C(CC[C@]3(C)C2CC[C@@H]2C4=C(C(C)C)C(=O)C[C@]4(C(=O)NC(C)C(F)(F)F)CC[C@]23C)C1(C)C. The van der Waals surface area contributed by atoms with E-state index in [2.05, 4.69) is 39.9 Å². The second-order valence-electron chi connectivity index (χ2n) is 16.5. The van der Waals surface area contributed by atoms with Crippen LogP contribution in [0.15, 0.2) is 11.1 Å². The van der Waals surface area contributed by atoms with Crippen molar-refractivity contribution < 1.29 is 32.3 Å². The number of nitrogens with one attached hydrogen (secondary N) is 1. The molecule has 0 aromatic rings. The molecule has 5 nitrogen and oxygen atoms in total. The number of Topliss-reactive ketones (excluding diaryl/α,β-unsaturated/α-hetero) is 1. The maximum Gasteiger partial charge on any atom is 0.408 e. The molecule has 5 rings (SSSR count). The highest BCUT2D eigenvalue weighted by Gasteiger charge is 2.71. The summed E-state index contributed by atoms with van der Waals surface area (Å²) in [5, 5.41) is 2.29. The van der Waals surface area contributed by atoms with Gasteiger partial charge in [0.2, 0.25) is 5.91 Å². The number of allylic oxidation sites excluding steroid dienone is 1. The van der Waals surface area contributed by atoms with Gasteiger partial charge in [-0.1, -0.05) is 48.5 Å². The van der Waals surface area contributed by atoms with E-state index in [0.29, 0.717) is 30.3 Å². The van der Waals surface area contributed by atoms with Crippen LogP contribution in [-0.2, 0) is 19.1 Å². The molecule has 0 bridgehead atoms. The van der Waals surface area contributed by atoms with Crippen LogP contribution in [0.25, 0.3) is 0 Å². The molecule has 9 atom stereocenters. The fourth-order valence-electron chi connectivity index (χ4n) is 11.7. The van der Waals surface area contributed by atoms with E-state index in [1.54, 1.807) is 0 Å². The third-order valence-corrected chi connectivity index (χ3v) is 14.0. The summed E-state index contributed by atoms with van der Waals surface area (Å²) in [6.45, 7) is 18.2. The van der Waals surface area contributed by atoms with E-state index in [4.69, 9.17) is 4.74 Å². The standard InChI is InChI=1S/C35H52F3NO4/c1-19(2)27-23(41)18-34(29(42)39-20(3)35(36,37)38)17-16-32(8)22(28(27)34)10-11-25-31(7)14-13-26(43-21(4)40)30(5,6)24(31)12-15-33(25,32)9/h19-20,22,24-26H,10-18H2,1-9H3,(H,39,42)/t20?,22-,24?,25?,26+,31+,32-,33-,34-/m1/s1. The zero-order valence-electron chi connectivity index (χ0n) is 27.6. The molecule has 242 valence electrons. The lowest BCUT2D eigenvalue weighted by Crippen LogP contribution is -2.66. The van der Waals surface area contributed by atoms with Crippen LogP contribution >= 0.6 is 0 Å². The first-order valence-electron chi connectivity index (χ1n) is 16.5. The average Bonchev–Trinajstić information content (AvgIpc) is 3.19. The summed E-state index contributed by atoms with van der Waals surface area (Å²) in [6, 6.07) is -1.98. The molecule has 0 saturated heterocycles. The summed E-state index contributed by atoms with van der Waals surface area (Å²) >= 11 is 0. The van der Waals surface area contributed by atoms with E-state index in [1.807, 2.05) is 13.8 Å². The zero-order chi connectivity index (χ0) is 32.1. The number of esters is 1. The first-order valence-corrected chi connectivity index (χ1v) is 16.5. The highest BCUT2D eigenvalue weighted by molar-refractivity contribution is 6.07. The summed E-state index contributed by atoms with van der Waals surface area (Å²) in [6.07, 6.45) is 2.06. The Morgan fingerprint density at radius 1 is 0.884 bits per heavy atom. The van der Waals surface area contributed by atoms with Crippen molar-refractivity contribution in [2.24, 2.45) is 50.7 Å². The van der Waals surface area contributed by atoms with Gasteiger partial charge in [0.15, 0.2) is 5.78 Å². The molecule has 4 saturated carbocycles. The molecular weight excluding hydrogens is 555 g/mol. The van der Waals surface area contributed by atoms with Gasteiger partial charge in [-0.3, -0.25) is 14.4 Å². The third-order valence-electron chi connectivity index (χ3n) is 14.0. The lowest BCUT2D eigenvalue weighted by Gasteiger charge is -2.72. The second kappa shape index (κ2) is 10.1. The molecule has 1 amide bonds. The number of alkyl halides is 3. The Morgan fingerprint density at radius 2 is 1.53 bits per heavy atom. The van der Waals surface area contributed by atoms with Gasteiger partial charge in [-0.25, -0.2) is 0 Å². The molecule has 0 heterocycles. The number of ether oxygens (including phenoxy) is 1. The van der Waals surface area contributed by atoms with Gasteiger partial charge in [0, 0.05) is 18.8 Å². The molecule has 5 aliphatic rings. The van der Waals surface area contributed by atoms with Crippen molar-refractivity contribution in [3.05, 3.63) is 11.1 Å². The van der Waals surface area contributed by atoms with Crippen molar-refractivity contribution in [3.8, 4) is 0 Å². The summed E-state index contributed by atoms with van der Waals surface area (Å²) < 4.78 is 46.5. The summed E-state index contributed by atoms with van der Waals surface area (Å²) in [7, 11) is 0. The number of amides is 1. The van der Waals surface area contributed by atoms with Crippen LogP contribution in [0.5, 0.6) is 0 Å². The van der Waals surface area contributed by atoms with Crippen LogP contribution in [-0.4, -0.2) is 36.0 Å². The molecule has 43 heavy (non-hydrogen) atoms. The maximum absolute atomic E-state index is 13.9. The molecule has 0 aliphatic heterocycles. The van der Waals surface area contributed by atoms with Crippen LogP contribution in [0.2, 0.25) is 0 Å². The minimum absolute atomic E-state index is 0.0233. The van der Waals surface area contributed by atoms with Crippen molar-refractivity contribution in [2.75, 3.05) is 0 Å². The van der Waals surface area contributed by atoms with Crippen molar-refractivity contribution >= 4 is 17.7 Å². The number of hydrogen-bond acceptors (Lipinski definition) is 4. The minimum atomic E-state index is -4.55. The monoisotopic (exact) mass is 607 g/mol. The van der Waals surface area contributed by atoms with E-state index in [1.165, 1.54) is 6.92 Å². The van der Waals surface area contributed by atoms with Crippen molar-refractivity contribution in [1.29, 1.82) is 0 Å². The number of fused-ring (bicyclic) bond motifs is 7. The largest absolute Gasteiger partial charge is 0.462 e. The topological polar surface area (TPSA) is 72.5 Å². The molecular formula is C35H52F3NO4. The molecule has 5 aliphatic carbocycles. The van der Waals surface area contributed by atoms with Crippen LogP contribution in [0.4, 0.5) is 13.2 Å². The van der Waals surface area contributed by atoms with Gasteiger partial charge in [0.1, 0.15) is 12.1 Å². The highest BCUT2D eigenvalue weighted by atomic mass is 19.4. The Morgan fingerprint density at radius 3 is 2.12 bits per heavy atom. The highest BCUT2D eigenvalue weighted by Crippen LogP contribution is 2.76. The first kappa shape index (κ1) is 32.5. The van der Waals surface area contributed by atoms with Gasteiger partial charge in [-0.15, -0.1) is 0 Å². The predicted molar refractivity (Wildman–Crippen MR) is 159 cm³/mol. The zero-order valence-corrected chi connectivity index (χ0v) is 27.6. The van der Waals surface area contributed by atoms with Crippen LogP contribution in [0, 0.1) is 50.7 Å². The summed E-state index contributed by atoms with van der Waals surface area (Å²) in [5.41, 5.74) is -0.00784. The average molecular weight is 608 g/mol. The van der Waals surface area contributed by atoms with Crippen molar-refractivity contribution in [2.45, 2.75) is 138 Å². The lowest BCUT2D eigenvalue weighted by atomic mass is 9.33. The minimum Gasteiger partial charge on any atom is -0.462 e. The van der Waals surface area contributed by atoms with Crippen LogP contribution < -0.4 is 5.32 Å². The number of hydrogen-bond donors (Lipinski definition) is 1. The Balaban J connectivity index is 1.55.